The summed E-state index contributed by atoms with van der Waals surface area (Å²) in [6.45, 7) is 0. The van der Waals surface area contributed by atoms with Gasteiger partial charge >= 0.3 is 5.97 Å². The monoisotopic (exact) mass is 231 g/mol. The molecule has 0 aliphatic carbocycles. The molecular weight excluding hydrogens is 222 g/mol. The lowest BCUT2D eigenvalue weighted by Gasteiger charge is -2.02. The zero-order valence-electron chi connectivity index (χ0n) is 8.70. The van der Waals surface area contributed by atoms with Crippen molar-refractivity contribution >= 4 is 18.0 Å². The Kier molecular flexibility index (Phi) is 2.87. The van der Waals surface area contributed by atoms with E-state index >= 15 is 0 Å². The molecule has 0 aliphatic heterocycles. The van der Waals surface area contributed by atoms with Gasteiger partial charge in [-0.25, -0.2) is 14.8 Å². The molecule has 0 bridgehead atoms. The van der Waals surface area contributed by atoms with Crippen molar-refractivity contribution in [1.82, 2.24) is 9.97 Å². The van der Waals surface area contributed by atoms with Crippen LogP contribution in [0, 0.1) is 0 Å². The summed E-state index contributed by atoms with van der Waals surface area (Å²) in [5, 5.41) is 8.58. The van der Waals surface area contributed by atoms with Gasteiger partial charge in [-0.3, -0.25) is 0 Å². The van der Waals surface area contributed by atoms with Crippen molar-refractivity contribution in [2.24, 2.45) is 0 Å². The number of hydrogen-bond acceptors (Lipinski definition) is 5. The molecule has 0 spiro atoms. The summed E-state index contributed by atoms with van der Waals surface area (Å²) < 4.78 is 5.19. The number of furan rings is 1. The van der Waals surface area contributed by atoms with Gasteiger partial charge in [0.25, 0.3) is 0 Å². The van der Waals surface area contributed by atoms with E-state index in [1.165, 1.54) is 18.5 Å². The fraction of sp³-hybridized carbons (Fsp3) is 0. The first-order valence-electron chi connectivity index (χ1n) is 4.74. The van der Waals surface area contributed by atoms with E-state index in [9.17, 15) is 4.79 Å². The van der Waals surface area contributed by atoms with Gasteiger partial charge in [0.2, 0.25) is 5.95 Å². The Bertz CT molecular complexity index is 561. The Morgan fingerprint density at radius 1 is 1.53 bits per heavy atom. The molecule has 0 saturated carbocycles. The van der Waals surface area contributed by atoms with Gasteiger partial charge in [-0.1, -0.05) is 0 Å². The number of nitrogens with zero attached hydrogens (tertiary/aromatic N) is 2. The lowest BCUT2D eigenvalue weighted by Crippen LogP contribution is -1.98. The Labute approximate surface area is 96.4 Å². The van der Waals surface area contributed by atoms with Crippen LogP contribution in [0.25, 0.3) is 17.5 Å². The zero-order valence-corrected chi connectivity index (χ0v) is 8.70. The van der Waals surface area contributed by atoms with Crippen LogP contribution in [-0.4, -0.2) is 21.0 Å². The molecule has 0 aromatic carbocycles. The van der Waals surface area contributed by atoms with Crippen molar-refractivity contribution < 1.29 is 14.3 Å². The lowest BCUT2D eigenvalue weighted by atomic mass is 10.2. The van der Waals surface area contributed by atoms with E-state index in [4.69, 9.17) is 15.3 Å². The molecule has 0 atom stereocenters. The van der Waals surface area contributed by atoms with Crippen molar-refractivity contribution in [3.8, 4) is 11.5 Å². The highest BCUT2D eigenvalue weighted by atomic mass is 16.4. The normalized spacial score (nSPS) is 10.8. The number of nitrogens with two attached hydrogens (primary N) is 1. The van der Waals surface area contributed by atoms with Gasteiger partial charge in [0.05, 0.1) is 6.26 Å². The standard InChI is InChI=1S/C11H9N3O3/c12-11-13-6-7(3-4-9(15)16)10(14-11)8-2-1-5-17-8/h1-6H,(H,15,16)(H2,12,13,14)/b4-3+. The number of carboxylic acid groups (broad SMARTS) is 1. The van der Waals surface area contributed by atoms with Gasteiger partial charge in [-0.05, 0) is 18.2 Å². The van der Waals surface area contributed by atoms with Crippen LogP contribution in [0.2, 0.25) is 0 Å². The summed E-state index contributed by atoms with van der Waals surface area (Å²) >= 11 is 0. The van der Waals surface area contributed by atoms with Crippen LogP contribution in [0.4, 0.5) is 5.95 Å². The summed E-state index contributed by atoms with van der Waals surface area (Å²) in [5.41, 5.74) is 6.47. The molecular formula is C11H9N3O3. The van der Waals surface area contributed by atoms with Gasteiger partial charge in [0.15, 0.2) is 5.76 Å². The fourth-order valence-electron chi connectivity index (χ4n) is 1.30. The van der Waals surface area contributed by atoms with Crippen LogP contribution < -0.4 is 5.73 Å². The van der Waals surface area contributed by atoms with E-state index in [-0.39, 0.29) is 5.95 Å². The van der Waals surface area contributed by atoms with Crippen LogP contribution in [0.1, 0.15) is 5.56 Å². The number of aromatic nitrogens is 2. The van der Waals surface area contributed by atoms with Crippen molar-refractivity contribution in [3.05, 3.63) is 36.2 Å². The van der Waals surface area contributed by atoms with Crippen molar-refractivity contribution in [2.45, 2.75) is 0 Å². The van der Waals surface area contributed by atoms with Gasteiger partial charge in [-0.15, -0.1) is 0 Å². The maximum absolute atomic E-state index is 10.5. The second-order valence-electron chi connectivity index (χ2n) is 3.18. The summed E-state index contributed by atoms with van der Waals surface area (Å²) in [6.07, 6.45) is 5.33. The van der Waals surface area contributed by atoms with E-state index in [2.05, 4.69) is 9.97 Å². The molecule has 2 rings (SSSR count). The molecule has 2 aromatic rings. The molecule has 0 amide bonds. The topological polar surface area (TPSA) is 102 Å². The number of carboxylic acids is 1. The van der Waals surface area contributed by atoms with Crippen molar-refractivity contribution in [3.63, 3.8) is 0 Å². The molecule has 6 heteroatoms. The molecule has 0 unspecified atom stereocenters. The number of nitrogen functional groups attached to an aromatic ring is 1. The second kappa shape index (κ2) is 4.48. The minimum Gasteiger partial charge on any atom is -0.478 e. The van der Waals surface area contributed by atoms with Crippen LogP contribution in [-0.2, 0) is 4.79 Å². The van der Waals surface area contributed by atoms with Gasteiger partial charge in [0.1, 0.15) is 5.69 Å². The average molecular weight is 231 g/mol. The smallest absolute Gasteiger partial charge is 0.328 e. The summed E-state index contributed by atoms with van der Waals surface area (Å²) in [5.74, 6) is -0.444. The first-order valence-corrected chi connectivity index (χ1v) is 4.74. The van der Waals surface area contributed by atoms with Crippen LogP contribution >= 0.6 is 0 Å². The molecule has 86 valence electrons. The average Bonchev–Trinajstić information content (AvgIpc) is 2.80. The fourth-order valence-corrected chi connectivity index (χ4v) is 1.30. The zero-order chi connectivity index (χ0) is 12.3. The first-order chi connectivity index (χ1) is 8.16. The molecule has 2 heterocycles. The second-order valence-corrected chi connectivity index (χ2v) is 3.18. The van der Waals surface area contributed by atoms with Gasteiger partial charge < -0.3 is 15.3 Å². The largest absolute Gasteiger partial charge is 0.478 e. The minimum atomic E-state index is -1.05. The Morgan fingerprint density at radius 3 is 3.00 bits per heavy atom. The molecule has 0 aliphatic rings. The Hall–Kier alpha value is -2.63. The van der Waals surface area contributed by atoms with Crippen LogP contribution in [0.15, 0.2) is 35.1 Å². The Balaban J connectivity index is 2.49. The highest BCUT2D eigenvalue weighted by Crippen LogP contribution is 2.23. The molecule has 6 nitrogen and oxygen atoms in total. The van der Waals surface area contributed by atoms with Crippen LogP contribution in [0.3, 0.4) is 0 Å². The van der Waals surface area contributed by atoms with Crippen molar-refractivity contribution in [2.75, 3.05) is 5.73 Å². The molecule has 17 heavy (non-hydrogen) atoms. The molecule has 0 saturated heterocycles. The third-order valence-corrected chi connectivity index (χ3v) is 2.00. The lowest BCUT2D eigenvalue weighted by molar-refractivity contribution is -0.131. The molecule has 0 radical (unpaired) electrons. The van der Waals surface area contributed by atoms with Crippen LogP contribution in [0.5, 0.6) is 0 Å². The SMILES string of the molecule is Nc1ncc(/C=C/C(=O)O)c(-c2ccco2)n1. The predicted molar refractivity (Wildman–Crippen MR) is 60.8 cm³/mol. The highest BCUT2D eigenvalue weighted by molar-refractivity contribution is 5.86. The predicted octanol–water partition coefficient (Wildman–Crippen LogP) is 1.42. The van der Waals surface area contributed by atoms with E-state index in [1.807, 2.05) is 0 Å². The number of rotatable bonds is 3. The maximum atomic E-state index is 10.5. The number of hydrogen-bond donors (Lipinski definition) is 2. The number of anilines is 1. The van der Waals surface area contributed by atoms with E-state index in [0.717, 1.165) is 6.08 Å². The highest BCUT2D eigenvalue weighted by Gasteiger charge is 2.09. The summed E-state index contributed by atoms with van der Waals surface area (Å²) in [4.78, 5) is 18.3. The maximum Gasteiger partial charge on any atom is 0.328 e. The molecule has 2 aromatic heterocycles. The number of aliphatic carboxylic acids is 1. The molecule has 3 N–H and O–H groups in total. The Morgan fingerprint density at radius 2 is 2.35 bits per heavy atom. The van der Waals surface area contributed by atoms with Crippen molar-refractivity contribution in [1.29, 1.82) is 0 Å². The van der Waals surface area contributed by atoms with E-state index in [0.29, 0.717) is 17.0 Å². The summed E-state index contributed by atoms with van der Waals surface area (Å²) in [6, 6.07) is 3.41. The van der Waals surface area contributed by atoms with Gasteiger partial charge in [0, 0.05) is 17.8 Å². The third kappa shape index (κ3) is 2.49. The first kappa shape index (κ1) is 10.9. The summed E-state index contributed by atoms with van der Waals surface area (Å²) in [7, 11) is 0. The quantitative estimate of drug-likeness (QED) is 0.774. The number of carbonyl (C=O) groups is 1. The van der Waals surface area contributed by atoms with E-state index < -0.39 is 5.97 Å². The third-order valence-electron chi connectivity index (χ3n) is 2.00. The van der Waals surface area contributed by atoms with Gasteiger partial charge in [-0.2, -0.15) is 0 Å². The van der Waals surface area contributed by atoms with E-state index in [1.54, 1.807) is 12.1 Å². The molecule has 0 fully saturated rings. The minimum absolute atomic E-state index is 0.101.